The lowest BCUT2D eigenvalue weighted by Crippen LogP contribution is -2.14. The summed E-state index contributed by atoms with van der Waals surface area (Å²) in [5.74, 6) is 1.54. The third-order valence-electron chi connectivity index (χ3n) is 3.01. The minimum absolute atomic E-state index is 0.509. The van der Waals surface area contributed by atoms with Crippen LogP contribution in [-0.2, 0) is 17.8 Å². The van der Waals surface area contributed by atoms with Gasteiger partial charge in [0.15, 0.2) is 11.5 Å². The number of rotatable bonds is 9. The highest BCUT2D eigenvalue weighted by Crippen LogP contribution is 2.31. The maximum absolute atomic E-state index is 5.80. The summed E-state index contributed by atoms with van der Waals surface area (Å²) in [7, 11) is 3.32. The number of nitrogens with one attached hydrogen (secondary N) is 1. The molecule has 1 aromatic heterocycles. The molecule has 5 heteroatoms. The van der Waals surface area contributed by atoms with Gasteiger partial charge in [0, 0.05) is 30.6 Å². The molecular formula is C16H21NO3S. The zero-order chi connectivity index (χ0) is 14.9. The highest BCUT2D eigenvalue weighted by molar-refractivity contribution is 7.09. The maximum Gasteiger partial charge on any atom is 0.165 e. The van der Waals surface area contributed by atoms with Gasteiger partial charge in [-0.15, -0.1) is 11.3 Å². The molecule has 0 saturated carbocycles. The third kappa shape index (κ3) is 4.74. The molecule has 0 aliphatic heterocycles. The molecule has 0 unspecified atom stereocenters. The van der Waals surface area contributed by atoms with Crippen LogP contribution < -0.4 is 14.8 Å². The van der Waals surface area contributed by atoms with E-state index in [-0.39, 0.29) is 0 Å². The van der Waals surface area contributed by atoms with Gasteiger partial charge in [0.1, 0.15) is 6.61 Å². The number of thiophene rings is 1. The molecule has 0 fully saturated rings. The summed E-state index contributed by atoms with van der Waals surface area (Å²) in [6.45, 7) is 2.65. The molecule has 0 radical (unpaired) electrons. The molecule has 0 amide bonds. The molecule has 1 N–H and O–H groups in total. The Hall–Kier alpha value is -1.56. The minimum atomic E-state index is 0.509. The van der Waals surface area contributed by atoms with Crippen LogP contribution in [0.1, 0.15) is 10.4 Å². The van der Waals surface area contributed by atoms with Crippen LogP contribution in [0.3, 0.4) is 0 Å². The largest absolute Gasteiger partial charge is 0.493 e. The zero-order valence-electron chi connectivity index (χ0n) is 12.4. The molecule has 4 nitrogen and oxygen atoms in total. The van der Waals surface area contributed by atoms with E-state index in [9.17, 15) is 0 Å². The Labute approximate surface area is 129 Å². The van der Waals surface area contributed by atoms with Gasteiger partial charge in [-0.1, -0.05) is 18.2 Å². The first-order valence-corrected chi connectivity index (χ1v) is 7.74. The van der Waals surface area contributed by atoms with Gasteiger partial charge < -0.3 is 19.5 Å². The van der Waals surface area contributed by atoms with E-state index in [0.29, 0.717) is 13.2 Å². The van der Waals surface area contributed by atoms with Crippen LogP contribution in [0, 0.1) is 0 Å². The molecule has 0 aliphatic rings. The first kappa shape index (κ1) is 15.8. The second-order valence-corrected chi connectivity index (χ2v) is 5.50. The molecule has 21 heavy (non-hydrogen) atoms. The van der Waals surface area contributed by atoms with Crippen LogP contribution in [0.25, 0.3) is 0 Å². The van der Waals surface area contributed by atoms with E-state index in [1.807, 2.05) is 18.2 Å². The number of benzene rings is 1. The Morgan fingerprint density at radius 1 is 1.05 bits per heavy atom. The van der Waals surface area contributed by atoms with Crippen molar-refractivity contribution in [1.29, 1.82) is 0 Å². The fourth-order valence-electron chi connectivity index (χ4n) is 1.99. The van der Waals surface area contributed by atoms with Gasteiger partial charge in [-0.25, -0.2) is 0 Å². The quantitative estimate of drug-likeness (QED) is 0.723. The lowest BCUT2D eigenvalue weighted by molar-refractivity contribution is 0.143. The van der Waals surface area contributed by atoms with Gasteiger partial charge in [-0.3, -0.25) is 0 Å². The number of para-hydroxylation sites is 1. The van der Waals surface area contributed by atoms with Crippen LogP contribution in [-0.4, -0.2) is 27.4 Å². The Balaban J connectivity index is 1.99. The summed E-state index contributed by atoms with van der Waals surface area (Å²) >= 11 is 1.75. The van der Waals surface area contributed by atoms with E-state index in [1.165, 1.54) is 4.88 Å². The molecule has 1 aromatic carbocycles. The predicted molar refractivity (Wildman–Crippen MR) is 85.2 cm³/mol. The molecular weight excluding hydrogens is 286 g/mol. The Kier molecular flexibility index (Phi) is 6.53. The number of hydrogen-bond donors (Lipinski definition) is 1. The first-order valence-electron chi connectivity index (χ1n) is 6.86. The second-order valence-electron chi connectivity index (χ2n) is 4.47. The zero-order valence-corrected chi connectivity index (χ0v) is 13.2. The van der Waals surface area contributed by atoms with Crippen molar-refractivity contribution in [3.63, 3.8) is 0 Å². The molecule has 0 bridgehead atoms. The van der Waals surface area contributed by atoms with E-state index >= 15 is 0 Å². The molecule has 1 heterocycles. The van der Waals surface area contributed by atoms with E-state index in [0.717, 1.165) is 30.2 Å². The fraction of sp³-hybridized carbons (Fsp3) is 0.375. The Bertz CT molecular complexity index is 528. The van der Waals surface area contributed by atoms with Crippen molar-refractivity contribution >= 4 is 11.3 Å². The van der Waals surface area contributed by atoms with Gasteiger partial charge in [0.2, 0.25) is 0 Å². The topological polar surface area (TPSA) is 39.7 Å². The van der Waals surface area contributed by atoms with Gasteiger partial charge >= 0.3 is 0 Å². The lowest BCUT2D eigenvalue weighted by atomic mass is 10.2. The minimum Gasteiger partial charge on any atom is -0.493 e. The monoisotopic (exact) mass is 307 g/mol. The molecule has 2 aromatic rings. The van der Waals surface area contributed by atoms with E-state index < -0.39 is 0 Å². The molecule has 0 saturated heterocycles. The molecule has 114 valence electrons. The maximum atomic E-state index is 5.80. The van der Waals surface area contributed by atoms with Crippen molar-refractivity contribution < 1.29 is 14.2 Å². The number of methoxy groups -OCH3 is 2. The average molecular weight is 307 g/mol. The first-order chi connectivity index (χ1) is 10.3. The van der Waals surface area contributed by atoms with Gasteiger partial charge in [-0.2, -0.15) is 0 Å². The van der Waals surface area contributed by atoms with Crippen molar-refractivity contribution in [1.82, 2.24) is 5.32 Å². The van der Waals surface area contributed by atoms with Crippen molar-refractivity contribution in [3.8, 4) is 11.5 Å². The van der Waals surface area contributed by atoms with Crippen LogP contribution in [0.4, 0.5) is 0 Å². The SMILES string of the molecule is COCCOc1c(CNCc2cccs2)cccc1OC. The van der Waals surface area contributed by atoms with Gasteiger partial charge in [0.25, 0.3) is 0 Å². The average Bonchev–Trinajstić information content (AvgIpc) is 3.02. The summed E-state index contributed by atoms with van der Waals surface area (Å²) in [5.41, 5.74) is 1.09. The van der Waals surface area contributed by atoms with Crippen LogP contribution in [0.15, 0.2) is 35.7 Å². The lowest BCUT2D eigenvalue weighted by Gasteiger charge is -2.15. The third-order valence-corrected chi connectivity index (χ3v) is 3.89. The van der Waals surface area contributed by atoms with E-state index in [2.05, 4.69) is 22.8 Å². The molecule has 0 spiro atoms. The molecule has 0 aliphatic carbocycles. The summed E-state index contributed by atoms with van der Waals surface area (Å²) in [6, 6.07) is 10.1. The highest BCUT2D eigenvalue weighted by atomic mass is 32.1. The molecule has 2 rings (SSSR count). The van der Waals surface area contributed by atoms with Crippen LogP contribution in [0.2, 0.25) is 0 Å². The van der Waals surface area contributed by atoms with E-state index in [1.54, 1.807) is 25.6 Å². The Morgan fingerprint density at radius 3 is 2.67 bits per heavy atom. The smallest absolute Gasteiger partial charge is 0.165 e. The standard InChI is InChI=1S/C16H21NO3S/c1-18-8-9-20-16-13(5-3-7-15(16)19-2)11-17-12-14-6-4-10-21-14/h3-7,10,17H,8-9,11-12H2,1-2H3. The van der Waals surface area contributed by atoms with Crippen molar-refractivity contribution in [2.75, 3.05) is 27.4 Å². The number of ether oxygens (including phenoxy) is 3. The summed E-state index contributed by atoms with van der Waals surface area (Å²) in [4.78, 5) is 1.32. The number of hydrogen-bond acceptors (Lipinski definition) is 5. The van der Waals surface area contributed by atoms with Crippen molar-refractivity contribution in [2.24, 2.45) is 0 Å². The molecule has 0 atom stereocenters. The summed E-state index contributed by atoms with van der Waals surface area (Å²) in [5, 5.41) is 5.51. The van der Waals surface area contributed by atoms with Crippen LogP contribution in [0.5, 0.6) is 11.5 Å². The second kappa shape index (κ2) is 8.67. The van der Waals surface area contributed by atoms with Crippen molar-refractivity contribution in [3.05, 3.63) is 46.2 Å². The fourth-order valence-corrected chi connectivity index (χ4v) is 2.66. The summed E-state index contributed by atoms with van der Waals surface area (Å²) < 4.78 is 16.2. The van der Waals surface area contributed by atoms with Gasteiger partial charge in [0.05, 0.1) is 13.7 Å². The predicted octanol–water partition coefficient (Wildman–Crippen LogP) is 3.07. The highest BCUT2D eigenvalue weighted by Gasteiger charge is 2.10. The Morgan fingerprint density at radius 2 is 1.95 bits per heavy atom. The van der Waals surface area contributed by atoms with E-state index in [4.69, 9.17) is 14.2 Å². The normalized spacial score (nSPS) is 10.6. The van der Waals surface area contributed by atoms with Crippen LogP contribution >= 0.6 is 11.3 Å². The van der Waals surface area contributed by atoms with Gasteiger partial charge in [-0.05, 0) is 17.5 Å². The summed E-state index contributed by atoms with van der Waals surface area (Å²) in [6.07, 6.45) is 0. The van der Waals surface area contributed by atoms with Crippen molar-refractivity contribution in [2.45, 2.75) is 13.1 Å².